The second kappa shape index (κ2) is 5.58. The molecular weight excluding hydrogens is 289 g/mol. The molecule has 0 unspecified atom stereocenters. The highest BCUT2D eigenvalue weighted by Crippen LogP contribution is 2.23. The van der Waals surface area contributed by atoms with E-state index in [0.717, 1.165) is 16.8 Å². The molecule has 3 rings (SSSR count). The molecular formula is C16H13ClFN3. The molecule has 0 saturated heterocycles. The van der Waals surface area contributed by atoms with Crippen molar-refractivity contribution in [1.82, 2.24) is 9.78 Å². The minimum Gasteiger partial charge on any atom is -0.399 e. The summed E-state index contributed by atoms with van der Waals surface area (Å²) in [4.78, 5) is 0. The predicted molar refractivity (Wildman–Crippen MR) is 82.6 cm³/mol. The number of nitrogen functional groups attached to an aromatic ring is 1. The van der Waals surface area contributed by atoms with Crippen molar-refractivity contribution in [2.45, 2.75) is 6.54 Å². The van der Waals surface area contributed by atoms with E-state index in [-0.39, 0.29) is 5.02 Å². The van der Waals surface area contributed by atoms with Gasteiger partial charge in [0.1, 0.15) is 5.82 Å². The molecule has 3 aromatic rings. The number of nitrogens with zero attached hydrogens (tertiary/aromatic N) is 2. The van der Waals surface area contributed by atoms with Crippen LogP contribution in [0.1, 0.15) is 5.56 Å². The van der Waals surface area contributed by atoms with Gasteiger partial charge in [0.05, 0.1) is 17.8 Å². The molecule has 0 atom stereocenters. The molecule has 2 aromatic carbocycles. The molecule has 0 amide bonds. The highest BCUT2D eigenvalue weighted by molar-refractivity contribution is 6.31. The number of halogens is 2. The molecule has 0 radical (unpaired) electrons. The van der Waals surface area contributed by atoms with Crippen LogP contribution in [0.25, 0.3) is 11.1 Å². The van der Waals surface area contributed by atoms with Gasteiger partial charge < -0.3 is 5.73 Å². The zero-order valence-corrected chi connectivity index (χ0v) is 11.9. The lowest BCUT2D eigenvalue weighted by molar-refractivity contribution is 0.620. The van der Waals surface area contributed by atoms with Crippen LogP contribution in [0.15, 0.2) is 54.9 Å². The van der Waals surface area contributed by atoms with Crippen molar-refractivity contribution in [3.63, 3.8) is 0 Å². The van der Waals surface area contributed by atoms with E-state index in [9.17, 15) is 4.39 Å². The molecule has 2 N–H and O–H groups in total. The first-order valence-electron chi connectivity index (χ1n) is 6.45. The maximum absolute atomic E-state index is 13.4. The van der Waals surface area contributed by atoms with E-state index in [0.29, 0.717) is 12.1 Å². The van der Waals surface area contributed by atoms with Gasteiger partial charge in [-0.25, -0.2) is 4.39 Å². The average Bonchev–Trinajstić information content (AvgIpc) is 2.93. The fraction of sp³-hybridized carbons (Fsp3) is 0.0625. The second-order valence-corrected chi connectivity index (χ2v) is 5.14. The van der Waals surface area contributed by atoms with Gasteiger partial charge in [-0.05, 0) is 29.3 Å². The van der Waals surface area contributed by atoms with Crippen LogP contribution in [0.5, 0.6) is 0 Å². The summed E-state index contributed by atoms with van der Waals surface area (Å²) in [6.07, 6.45) is 3.66. The quantitative estimate of drug-likeness (QED) is 0.744. The van der Waals surface area contributed by atoms with Gasteiger partial charge in [0.15, 0.2) is 0 Å². The first-order valence-corrected chi connectivity index (χ1v) is 6.82. The van der Waals surface area contributed by atoms with Crippen LogP contribution >= 0.6 is 11.6 Å². The summed E-state index contributed by atoms with van der Waals surface area (Å²) in [5.41, 5.74) is 9.09. The molecule has 0 spiro atoms. The summed E-state index contributed by atoms with van der Waals surface area (Å²) >= 11 is 5.95. The Hall–Kier alpha value is -2.33. The first kappa shape index (κ1) is 13.6. The van der Waals surface area contributed by atoms with E-state index in [4.69, 9.17) is 17.3 Å². The summed E-state index contributed by atoms with van der Waals surface area (Å²) < 4.78 is 15.1. The van der Waals surface area contributed by atoms with Gasteiger partial charge in [0.2, 0.25) is 0 Å². The Labute approximate surface area is 126 Å². The molecule has 5 heteroatoms. The fourth-order valence-electron chi connectivity index (χ4n) is 2.12. The molecule has 1 aromatic heterocycles. The van der Waals surface area contributed by atoms with Gasteiger partial charge in [-0.1, -0.05) is 35.9 Å². The van der Waals surface area contributed by atoms with Crippen molar-refractivity contribution in [2.75, 3.05) is 5.73 Å². The number of benzene rings is 2. The third-order valence-electron chi connectivity index (χ3n) is 3.24. The summed E-state index contributed by atoms with van der Waals surface area (Å²) in [7, 11) is 0. The van der Waals surface area contributed by atoms with Crippen LogP contribution in [0.2, 0.25) is 5.02 Å². The fourth-order valence-corrected chi connectivity index (χ4v) is 2.31. The Morgan fingerprint density at radius 1 is 1.10 bits per heavy atom. The highest BCUT2D eigenvalue weighted by Gasteiger charge is 2.08. The summed E-state index contributed by atoms with van der Waals surface area (Å²) in [5.74, 6) is -0.417. The van der Waals surface area contributed by atoms with E-state index in [1.807, 2.05) is 30.5 Å². The zero-order chi connectivity index (χ0) is 14.8. The molecule has 0 aliphatic rings. The monoisotopic (exact) mass is 301 g/mol. The van der Waals surface area contributed by atoms with Crippen LogP contribution in [-0.4, -0.2) is 9.78 Å². The van der Waals surface area contributed by atoms with Crippen molar-refractivity contribution in [2.24, 2.45) is 0 Å². The Bertz CT molecular complexity index is 765. The molecule has 0 bridgehead atoms. The molecule has 106 valence electrons. The van der Waals surface area contributed by atoms with E-state index in [1.54, 1.807) is 23.0 Å². The van der Waals surface area contributed by atoms with Crippen LogP contribution in [0.3, 0.4) is 0 Å². The van der Waals surface area contributed by atoms with Crippen molar-refractivity contribution >= 4 is 17.3 Å². The molecule has 0 fully saturated rings. The van der Waals surface area contributed by atoms with Crippen LogP contribution in [0.4, 0.5) is 10.1 Å². The van der Waals surface area contributed by atoms with Crippen LogP contribution in [-0.2, 0) is 6.54 Å². The normalized spacial score (nSPS) is 10.8. The van der Waals surface area contributed by atoms with E-state index in [1.165, 1.54) is 6.07 Å². The average molecular weight is 302 g/mol. The number of hydrogen-bond donors (Lipinski definition) is 1. The summed E-state index contributed by atoms with van der Waals surface area (Å²) in [6, 6.07) is 12.3. The van der Waals surface area contributed by atoms with Crippen molar-refractivity contribution in [3.8, 4) is 11.1 Å². The Morgan fingerprint density at radius 3 is 2.62 bits per heavy atom. The van der Waals surface area contributed by atoms with Gasteiger partial charge in [-0.3, -0.25) is 4.68 Å². The minimum absolute atomic E-state index is 0.141. The zero-order valence-electron chi connectivity index (χ0n) is 11.1. The van der Waals surface area contributed by atoms with Gasteiger partial charge in [0, 0.05) is 17.4 Å². The smallest absolute Gasteiger partial charge is 0.142 e. The van der Waals surface area contributed by atoms with Gasteiger partial charge in [0.25, 0.3) is 0 Å². The maximum Gasteiger partial charge on any atom is 0.142 e. The molecule has 1 heterocycles. The van der Waals surface area contributed by atoms with Crippen LogP contribution in [0, 0.1) is 5.82 Å². The van der Waals surface area contributed by atoms with Gasteiger partial charge >= 0.3 is 0 Å². The summed E-state index contributed by atoms with van der Waals surface area (Å²) in [5, 5.41) is 4.43. The SMILES string of the molecule is Nc1ccc(-c2cnn(Cc3cccc(F)c3Cl)c2)cc1. The predicted octanol–water partition coefficient (Wildman–Crippen LogP) is 3.97. The van der Waals surface area contributed by atoms with Gasteiger partial charge in [-0.15, -0.1) is 0 Å². The molecule has 3 nitrogen and oxygen atoms in total. The molecule has 0 saturated carbocycles. The third kappa shape index (κ3) is 2.90. The van der Waals surface area contributed by atoms with Crippen molar-refractivity contribution in [3.05, 3.63) is 71.3 Å². The van der Waals surface area contributed by atoms with E-state index < -0.39 is 5.82 Å². The van der Waals surface area contributed by atoms with Gasteiger partial charge in [-0.2, -0.15) is 5.10 Å². The lowest BCUT2D eigenvalue weighted by Gasteiger charge is -2.05. The number of nitrogens with two attached hydrogens (primary N) is 1. The topological polar surface area (TPSA) is 43.8 Å². The Kier molecular flexibility index (Phi) is 3.62. The Morgan fingerprint density at radius 2 is 1.86 bits per heavy atom. The van der Waals surface area contributed by atoms with E-state index >= 15 is 0 Å². The third-order valence-corrected chi connectivity index (χ3v) is 3.66. The lowest BCUT2D eigenvalue weighted by Crippen LogP contribution is -2.01. The molecule has 21 heavy (non-hydrogen) atoms. The molecule has 0 aliphatic carbocycles. The standard InChI is InChI=1S/C16H13ClFN3/c17-16-12(2-1-3-15(16)18)9-21-10-13(8-20-21)11-4-6-14(19)7-5-11/h1-8,10H,9,19H2. The number of rotatable bonds is 3. The van der Waals surface area contributed by atoms with Crippen molar-refractivity contribution in [1.29, 1.82) is 0 Å². The Balaban J connectivity index is 1.85. The summed E-state index contributed by atoms with van der Waals surface area (Å²) in [6.45, 7) is 0.422. The number of anilines is 1. The lowest BCUT2D eigenvalue weighted by atomic mass is 10.1. The minimum atomic E-state index is -0.417. The highest BCUT2D eigenvalue weighted by atomic mass is 35.5. The number of aromatic nitrogens is 2. The van der Waals surface area contributed by atoms with E-state index in [2.05, 4.69) is 5.10 Å². The van der Waals surface area contributed by atoms with Crippen molar-refractivity contribution < 1.29 is 4.39 Å². The first-order chi connectivity index (χ1) is 10.1. The maximum atomic E-state index is 13.4. The molecule has 0 aliphatic heterocycles. The van der Waals surface area contributed by atoms with Crippen LogP contribution < -0.4 is 5.73 Å². The second-order valence-electron chi connectivity index (χ2n) is 4.76. The number of hydrogen-bond acceptors (Lipinski definition) is 2. The largest absolute Gasteiger partial charge is 0.399 e.